The molecule has 1 aliphatic heterocycles. The summed E-state index contributed by atoms with van der Waals surface area (Å²) in [6, 6.07) is 0.321. The van der Waals surface area contributed by atoms with Gasteiger partial charge in [0.05, 0.1) is 11.2 Å². The average molecular weight is 243 g/mol. The Hall–Kier alpha value is -0.520. The molecule has 0 unspecified atom stereocenters. The Morgan fingerprint density at radius 3 is 3.12 bits per heavy atom. The number of likely N-dealkylation sites (tertiary alicyclic amines) is 1. The quantitative estimate of drug-likeness (QED) is 0.870. The molecule has 1 fully saturated rings. The number of likely N-dealkylation sites (N-methyl/N-ethyl adjacent to an activating group) is 1. The van der Waals surface area contributed by atoms with Gasteiger partial charge in [-0.2, -0.15) is 0 Å². The van der Waals surface area contributed by atoms with Gasteiger partial charge in [-0.3, -0.25) is 4.90 Å². The van der Waals surface area contributed by atoms with Gasteiger partial charge in [0.25, 0.3) is 0 Å². The molecule has 0 bridgehead atoms. The van der Waals surface area contributed by atoms with Crippen LogP contribution < -0.4 is 5.32 Å². The van der Waals surface area contributed by atoms with Gasteiger partial charge in [-0.1, -0.05) is 0 Å². The standard InChI is InChI=1S/C11H18FN3S/c1-8-11(16-7-14-8)6-15-5-9(12)3-10(15)4-13-2/h7,9-10,13H,3-6H2,1-2H3/t9-,10-/m0/s1. The second-order valence-corrected chi connectivity index (χ2v) is 5.27. The van der Waals surface area contributed by atoms with Crippen LogP contribution in [0.4, 0.5) is 4.39 Å². The fourth-order valence-electron chi connectivity index (χ4n) is 2.23. The van der Waals surface area contributed by atoms with Crippen molar-refractivity contribution in [3.63, 3.8) is 0 Å². The van der Waals surface area contributed by atoms with E-state index in [1.807, 2.05) is 19.5 Å². The summed E-state index contributed by atoms with van der Waals surface area (Å²) in [7, 11) is 1.92. The molecule has 0 spiro atoms. The number of halogens is 1. The maximum Gasteiger partial charge on any atom is 0.114 e. The lowest BCUT2D eigenvalue weighted by atomic mass is 10.2. The molecular formula is C11H18FN3S. The Morgan fingerprint density at radius 2 is 2.50 bits per heavy atom. The third-order valence-corrected chi connectivity index (χ3v) is 4.03. The smallest absolute Gasteiger partial charge is 0.114 e. The van der Waals surface area contributed by atoms with Crippen LogP contribution in [0.25, 0.3) is 0 Å². The molecule has 0 aliphatic carbocycles. The van der Waals surface area contributed by atoms with Gasteiger partial charge in [-0.25, -0.2) is 9.37 Å². The minimum atomic E-state index is -0.674. The summed E-state index contributed by atoms with van der Waals surface area (Å²) >= 11 is 1.66. The summed E-state index contributed by atoms with van der Waals surface area (Å²) in [6.07, 6.45) is -0.0230. The first-order valence-electron chi connectivity index (χ1n) is 5.62. The molecule has 1 aromatic rings. The highest BCUT2D eigenvalue weighted by Crippen LogP contribution is 2.24. The molecule has 1 N–H and O–H groups in total. The summed E-state index contributed by atoms with van der Waals surface area (Å²) in [6.45, 7) is 4.27. The molecule has 5 heteroatoms. The third kappa shape index (κ3) is 2.59. The zero-order valence-electron chi connectivity index (χ0n) is 9.74. The molecule has 16 heavy (non-hydrogen) atoms. The first-order chi connectivity index (χ1) is 7.70. The summed E-state index contributed by atoms with van der Waals surface area (Å²) in [5, 5.41) is 3.13. The molecule has 0 amide bonds. The number of aryl methyl sites for hydroxylation is 1. The molecule has 0 saturated carbocycles. The number of nitrogens with zero attached hydrogens (tertiary/aromatic N) is 2. The fraction of sp³-hybridized carbons (Fsp3) is 0.727. The fourth-order valence-corrected chi connectivity index (χ4v) is 3.03. The first kappa shape index (κ1) is 12.0. The lowest BCUT2D eigenvalue weighted by Gasteiger charge is -2.23. The van der Waals surface area contributed by atoms with Crippen LogP contribution in [0.3, 0.4) is 0 Å². The van der Waals surface area contributed by atoms with Crippen LogP contribution in [0.15, 0.2) is 5.51 Å². The number of alkyl halides is 1. The predicted molar refractivity (Wildman–Crippen MR) is 64.5 cm³/mol. The minimum Gasteiger partial charge on any atom is -0.318 e. The van der Waals surface area contributed by atoms with Crippen molar-refractivity contribution < 1.29 is 4.39 Å². The van der Waals surface area contributed by atoms with Crippen molar-refractivity contribution in [1.29, 1.82) is 0 Å². The maximum absolute atomic E-state index is 13.4. The Labute approximate surface area is 99.7 Å². The second kappa shape index (κ2) is 5.21. The maximum atomic E-state index is 13.4. The largest absolute Gasteiger partial charge is 0.318 e. The highest BCUT2D eigenvalue weighted by molar-refractivity contribution is 7.09. The monoisotopic (exact) mass is 243 g/mol. The normalized spacial score (nSPS) is 26.4. The second-order valence-electron chi connectivity index (χ2n) is 4.33. The molecule has 2 rings (SSSR count). The number of aromatic nitrogens is 1. The lowest BCUT2D eigenvalue weighted by molar-refractivity contribution is 0.234. The molecule has 1 aromatic heterocycles. The van der Waals surface area contributed by atoms with Crippen LogP contribution in [0.5, 0.6) is 0 Å². The number of rotatable bonds is 4. The highest BCUT2D eigenvalue weighted by atomic mass is 32.1. The van der Waals surface area contributed by atoms with Crippen molar-refractivity contribution in [2.24, 2.45) is 0 Å². The van der Waals surface area contributed by atoms with Crippen LogP contribution in [0.1, 0.15) is 17.0 Å². The van der Waals surface area contributed by atoms with Crippen molar-refractivity contribution in [1.82, 2.24) is 15.2 Å². The van der Waals surface area contributed by atoms with E-state index < -0.39 is 6.17 Å². The Balaban J connectivity index is 2.00. The van der Waals surface area contributed by atoms with E-state index in [2.05, 4.69) is 15.2 Å². The molecular weight excluding hydrogens is 225 g/mol. The van der Waals surface area contributed by atoms with E-state index >= 15 is 0 Å². The average Bonchev–Trinajstić information content (AvgIpc) is 2.77. The van der Waals surface area contributed by atoms with Crippen LogP contribution in [0.2, 0.25) is 0 Å². The van der Waals surface area contributed by atoms with Gasteiger partial charge in [0.15, 0.2) is 0 Å². The van der Waals surface area contributed by atoms with E-state index in [0.717, 1.165) is 18.8 Å². The summed E-state index contributed by atoms with van der Waals surface area (Å²) in [5.74, 6) is 0. The van der Waals surface area contributed by atoms with Crippen LogP contribution in [-0.4, -0.2) is 42.2 Å². The summed E-state index contributed by atoms with van der Waals surface area (Å²) in [5.41, 5.74) is 2.94. The van der Waals surface area contributed by atoms with E-state index in [9.17, 15) is 4.39 Å². The van der Waals surface area contributed by atoms with Gasteiger partial charge in [0.1, 0.15) is 6.17 Å². The number of hydrogen-bond acceptors (Lipinski definition) is 4. The number of hydrogen-bond donors (Lipinski definition) is 1. The van der Waals surface area contributed by atoms with E-state index in [1.54, 1.807) is 11.3 Å². The zero-order valence-corrected chi connectivity index (χ0v) is 10.6. The van der Waals surface area contributed by atoms with Crippen LogP contribution in [0, 0.1) is 6.92 Å². The lowest BCUT2D eigenvalue weighted by Crippen LogP contribution is -2.36. The van der Waals surface area contributed by atoms with E-state index in [1.165, 1.54) is 4.88 Å². The zero-order chi connectivity index (χ0) is 11.5. The predicted octanol–water partition coefficient (Wildman–Crippen LogP) is 1.58. The van der Waals surface area contributed by atoms with Crippen LogP contribution >= 0.6 is 11.3 Å². The van der Waals surface area contributed by atoms with Gasteiger partial charge in [-0.15, -0.1) is 11.3 Å². The van der Waals surface area contributed by atoms with E-state index in [4.69, 9.17) is 0 Å². The molecule has 0 aromatic carbocycles. The van der Waals surface area contributed by atoms with Gasteiger partial charge in [0, 0.05) is 30.6 Å². The molecule has 90 valence electrons. The van der Waals surface area contributed by atoms with Crippen molar-refractivity contribution in [2.75, 3.05) is 20.1 Å². The van der Waals surface area contributed by atoms with Gasteiger partial charge in [0.2, 0.25) is 0 Å². The van der Waals surface area contributed by atoms with Gasteiger partial charge >= 0.3 is 0 Å². The van der Waals surface area contributed by atoms with Gasteiger partial charge < -0.3 is 5.32 Å². The van der Waals surface area contributed by atoms with Crippen molar-refractivity contribution >= 4 is 11.3 Å². The van der Waals surface area contributed by atoms with E-state index in [-0.39, 0.29) is 0 Å². The van der Waals surface area contributed by atoms with Crippen molar-refractivity contribution in [3.05, 3.63) is 16.1 Å². The van der Waals surface area contributed by atoms with Gasteiger partial charge in [-0.05, 0) is 20.4 Å². The Kier molecular flexibility index (Phi) is 3.89. The van der Waals surface area contributed by atoms with Crippen molar-refractivity contribution in [3.8, 4) is 0 Å². The minimum absolute atomic E-state index is 0.321. The summed E-state index contributed by atoms with van der Waals surface area (Å²) < 4.78 is 13.4. The molecule has 2 heterocycles. The van der Waals surface area contributed by atoms with Crippen LogP contribution in [-0.2, 0) is 6.54 Å². The third-order valence-electron chi connectivity index (χ3n) is 3.11. The molecule has 3 nitrogen and oxygen atoms in total. The Morgan fingerprint density at radius 1 is 1.69 bits per heavy atom. The summed E-state index contributed by atoms with van der Waals surface area (Å²) in [4.78, 5) is 7.71. The topological polar surface area (TPSA) is 28.2 Å². The highest BCUT2D eigenvalue weighted by Gasteiger charge is 2.31. The van der Waals surface area contributed by atoms with Crippen molar-refractivity contribution in [2.45, 2.75) is 32.1 Å². The molecule has 1 aliphatic rings. The SMILES string of the molecule is CNC[C@@H]1C[C@H](F)CN1Cc1scnc1C. The van der Waals surface area contributed by atoms with E-state index in [0.29, 0.717) is 19.0 Å². The molecule has 0 radical (unpaired) electrons. The first-order valence-corrected chi connectivity index (χ1v) is 6.50. The molecule has 1 saturated heterocycles. The molecule has 2 atom stereocenters. The Bertz CT molecular complexity index is 342. The number of nitrogens with one attached hydrogen (secondary N) is 1. The number of thiazole rings is 1.